The molecule has 106 valence electrons. The zero-order chi connectivity index (χ0) is 14.6. The summed E-state index contributed by atoms with van der Waals surface area (Å²) >= 11 is 1.35. The number of nitrogens with one attached hydrogen (secondary N) is 1. The molecule has 0 fully saturated rings. The van der Waals surface area contributed by atoms with Crippen molar-refractivity contribution in [2.45, 2.75) is 38.2 Å². The van der Waals surface area contributed by atoms with Crippen LogP contribution in [0.4, 0.5) is 8.78 Å². The maximum absolute atomic E-state index is 12.3. The van der Waals surface area contributed by atoms with E-state index in [1.54, 1.807) is 31.4 Å². The van der Waals surface area contributed by atoms with Gasteiger partial charge in [0.05, 0.1) is 5.41 Å². The molecule has 0 aliphatic rings. The van der Waals surface area contributed by atoms with E-state index in [1.807, 2.05) is 0 Å². The Hall–Kier alpha value is -1.50. The van der Waals surface area contributed by atoms with Crippen molar-refractivity contribution in [3.05, 3.63) is 22.4 Å². The molecular weight excluding hydrogens is 276 g/mol. The molecule has 0 aromatic carbocycles. The van der Waals surface area contributed by atoms with Gasteiger partial charge in [0.2, 0.25) is 12.3 Å². The minimum atomic E-state index is -2.79. The number of amides is 1. The molecule has 0 aliphatic heterocycles. The van der Waals surface area contributed by atoms with Crippen molar-refractivity contribution in [1.29, 1.82) is 0 Å². The zero-order valence-electron chi connectivity index (χ0n) is 10.5. The summed E-state index contributed by atoms with van der Waals surface area (Å²) in [6.07, 6.45) is -3.69. The Bertz CT molecular complexity index is 446. The maximum Gasteiger partial charge on any atom is 0.326 e. The fourth-order valence-electron chi connectivity index (χ4n) is 1.48. The Labute approximate surface area is 113 Å². The smallest absolute Gasteiger partial charge is 0.326 e. The second kappa shape index (κ2) is 6.10. The third-order valence-electron chi connectivity index (χ3n) is 2.72. The fourth-order valence-corrected chi connectivity index (χ4v) is 2.33. The molecule has 0 spiro atoms. The van der Waals surface area contributed by atoms with Gasteiger partial charge in [-0.25, -0.2) is 13.6 Å². The summed E-state index contributed by atoms with van der Waals surface area (Å²) in [5, 5.41) is 12.8. The second-order valence-corrected chi connectivity index (χ2v) is 5.54. The molecule has 1 rings (SSSR count). The van der Waals surface area contributed by atoms with Crippen molar-refractivity contribution in [3.63, 3.8) is 0 Å². The maximum atomic E-state index is 12.3. The number of hydrogen-bond donors (Lipinski definition) is 2. The first-order valence-corrected chi connectivity index (χ1v) is 6.49. The summed E-state index contributed by atoms with van der Waals surface area (Å²) in [4.78, 5) is 23.6. The van der Waals surface area contributed by atoms with Crippen LogP contribution in [0.5, 0.6) is 0 Å². The van der Waals surface area contributed by atoms with Gasteiger partial charge in [-0.05, 0) is 25.3 Å². The summed E-state index contributed by atoms with van der Waals surface area (Å²) in [5.74, 6) is -2.04. The van der Waals surface area contributed by atoms with Crippen LogP contribution in [0.3, 0.4) is 0 Å². The first kappa shape index (κ1) is 15.6. The normalized spacial score (nSPS) is 13.3. The number of carbonyl (C=O) groups is 2. The van der Waals surface area contributed by atoms with Gasteiger partial charge in [0.1, 0.15) is 6.04 Å². The van der Waals surface area contributed by atoms with Crippen molar-refractivity contribution in [2.24, 2.45) is 0 Å². The Morgan fingerprint density at radius 3 is 2.53 bits per heavy atom. The zero-order valence-corrected chi connectivity index (χ0v) is 11.3. The third-order valence-corrected chi connectivity index (χ3v) is 3.92. The predicted octanol–water partition coefficient (Wildman–Crippen LogP) is 2.25. The topological polar surface area (TPSA) is 66.4 Å². The SMILES string of the molecule is CC(C)(C(=O)NC(CC(F)F)C(=O)O)c1cccs1. The van der Waals surface area contributed by atoms with Gasteiger partial charge in [-0.1, -0.05) is 6.07 Å². The van der Waals surface area contributed by atoms with Crippen LogP contribution < -0.4 is 5.32 Å². The van der Waals surface area contributed by atoms with Gasteiger partial charge in [0.25, 0.3) is 0 Å². The van der Waals surface area contributed by atoms with Crippen molar-refractivity contribution in [3.8, 4) is 0 Å². The number of alkyl halides is 2. The highest BCUT2D eigenvalue weighted by Crippen LogP contribution is 2.27. The molecule has 2 N–H and O–H groups in total. The van der Waals surface area contributed by atoms with Gasteiger partial charge in [0.15, 0.2) is 0 Å². The van der Waals surface area contributed by atoms with Crippen LogP contribution in [-0.2, 0) is 15.0 Å². The molecule has 1 heterocycles. The average Bonchev–Trinajstić information content (AvgIpc) is 2.80. The number of thiophene rings is 1. The highest BCUT2D eigenvalue weighted by molar-refractivity contribution is 7.10. The molecule has 1 aromatic heterocycles. The molecule has 4 nitrogen and oxygen atoms in total. The highest BCUT2D eigenvalue weighted by atomic mass is 32.1. The van der Waals surface area contributed by atoms with Crippen LogP contribution in [-0.4, -0.2) is 29.5 Å². The largest absolute Gasteiger partial charge is 0.480 e. The molecule has 1 atom stereocenters. The first-order valence-electron chi connectivity index (χ1n) is 5.61. The van der Waals surface area contributed by atoms with Gasteiger partial charge in [0, 0.05) is 11.3 Å². The number of aliphatic carboxylic acids is 1. The van der Waals surface area contributed by atoms with E-state index in [2.05, 4.69) is 5.32 Å². The Morgan fingerprint density at radius 2 is 2.11 bits per heavy atom. The summed E-state index contributed by atoms with van der Waals surface area (Å²) in [7, 11) is 0. The van der Waals surface area contributed by atoms with Crippen LogP contribution in [0.1, 0.15) is 25.1 Å². The number of carbonyl (C=O) groups excluding carboxylic acids is 1. The number of carboxylic acid groups (broad SMARTS) is 1. The van der Waals surface area contributed by atoms with E-state index in [1.165, 1.54) is 11.3 Å². The van der Waals surface area contributed by atoms with Crippen molar-refractivity contribution < 1.29 is 23.5 Å². The molecule has 19 heavy (non-hydrogen) atoms. The minimum absolute atomic E-state index is 0.581. The molecule has 1 unspecified atom stereocenters. The fraction of sp³-hybridized carbons (Fsp3) is 0.500. The van der Waals surface area contributed by atoms with Gasteiger partial charge < -0.3 is 10.4 Å². The van der Waals surface area contributed by atoms with Crippen molar-refractivity contribution in [1.82, 2.24) is 5.32 Å². The van der Waals surface area contributed by atoms with Crippen LogP contribution in [0.15, 0.2) is 17.5 Å². The number of hydrogen-bond acceptors (Lipinski definition) is 3. The van der Waals surface area contributed by atoms with E-state index >= 15 is 0 Å². The molecule has 0 aliphatic carbocycles. The number of halogens is 2. The summed E-state index contributed by atoms with van der Waals surface area (Å²) in [6, 6.07) is 1.93. The molecule has 1 aromatic rings. The van der Waals surface area contributed by atoms with Gasteiger partial charge >= 0.3 is 5.97 Å². The lowest BCUT2D eigenvalue weighted by Gasteiger charge is -2.24. The van der Waals surface area contributed by atoms with E-state index in [-0.39, 0.29) is 0 Å². The molecule has 0 radical (unpaired) electrons. The van der Waals surface area contributed by atoms with Crippen molar-refractivity contribution in [2.75, 3.05) is 0 Å². The Morgan fingerprint density at radius 1 is 1.47 bits per heavy atom. The monoisotopic (exact) mass is 291 g/mol. The first-order chi connectivity index (χ1) is 8.75. The van der Waals surface area contributed by atoms with E-state index in [0.29, 0.717) is 0 Å². The predicted molar refractivity (Wildman–Crippen MR) is 67.5 cm³/mol. The lowest BCUT2D eigenvalue weighted by atomic mass is 9.90. The second-order valence-electron chi connectivity index (χ2n) is 4.59. The molecule has 0 saturated carbocycles. The molecule has 0 saturated heterocycles. The summed E-state index contributed by atoms with van der Waals surface area (Å²) < 4.78 is 24.5. The van der Waals surface area contributed by atoms with Gasteiger partial charge in [-0.15, -0.1) is 11.3 Å². The third kappa shape index (κ3) is 3.99. The minimum Gasteiger partial charge on any atom is -0.480 e. The Kier molecular flexibility index (Phi) is 4.99. The molecule has 7 heteroatoms. The quantitative estimate of drug-likeness (QED) is 0.845. The van der Waals surface area contributed by atoms with E-state index in [0.717, 1.165) is 4.88 Å². The summed E-state index contributed by atoms with van der Waals surface area (Å²) in [5.41, 5.74) is -0.954. The summed E-state index contributed by atoms with van der Waals surface area (Å²) in [6.45, 7) is 3.24. The molecular formula is C12H15F2NO3S. The van der Waals surface area contributed by atoms with Crippen LogP contribution in [0, 0.1) is 0 Å². The lowest BCUT2D eigenvalue weighted by molar-refractivity contribution is -0.143. The standard InChI is InChI=1S/C12H15F2NO3S/c1-12(2,8-4-3-5-19-8)11(18)15-7(10(16)17)6-9(13)14/h3-5,7,9H,6H2,1-2H3,(H,15,18)(H,16,17). The van der Waals surface area contributed by atoms with Crippen LogP contribution >= 0.6 is 11.3 Å². The number of carboxylic acids is 1. The number of rotatable bonds is 6. The van der Waals surface area contributed by atoms with E-state index < -0.39 is 36.2 Å². The van der Waals surface area contributed by atoms with Gasteiger partial charge in [-0.2, -0.15) is 0 Å². The molecule has 1 amide bonds. The Balaban J connectivity index is 2.79. The van der Waals surface area contributed by atoms with Crippen LogP contribution in [0.25, 0.3) is 0 Å². The molecule has 0 bridgehead atoms. The van der Waals surface area contributed by atoms with Crippen molar-refractivity contribution >= 4 is 23.2 Å². The highest BCUT2D eigenvalue weighted by Gasteiger charge is 2.34. The average molecular weight is 291 g/mol. The van der Waals surface area contributed by atoms with Crippen LogP contribution in [0.2, 0.25) is 0 Å². The van der Waals surface area contributed by atoms with E-state index in [4.69, 9.17) is 5.11 Å². The van der Waals surface area contributed by atoms with E-state index in [9.17, 15) is 18.4 Å². The van der Waals surface area contributed by atoms with Gasteiger partial charge in [-0.3, -0.25) is 4.79 Å². The lowest BCUT2D eigenvalue weighted by Crippen LogP contribution is -2.48.